The highest BCUT2D eigenvalue weighted by Gasteiger charge is 2.58. The van der Waals surface area contributed by atoms with E-state index < -0.39 is 0 Å². The van der Waals surface area contributed by atoms with Crippen molar-refractivity contribution in [3.63, 3.8) is 0 Å². The summed E-state index contributed by atoms with van der Waals surface area (Å²) in [5.41, 5.74) is 0. The molecular formula is C19H28N2O2. The van der Waals surface area contributed by atoms with E-state index in [0.29, 0.717) is 23.8 Å². The summed E-state index contributed by atoms with van der Waals surface area (Å²) in [5.74, 6) is 3.77. The van der Waals surface area contributed by atoms with Crippen LogP contribution in [0.4, 0.5) is 0 Å². The Morgan fingerprint density at radius 3 is 2.52 bits per heavy atom. The van der Waals surface area contributed by atoms with E-state index in [9.17, 15) is 4.79 Å². The van der Waals surface area contributed by atoms with Crippen LogP contribution in [-0.2, 0) is 9.53 Å². The molecule has 0 N–H and O–H groups in total. The molecule has 4 fully saturated rings. The van der Waals surface area contributed by atoms with Gasteiger partial charge in [-0.25, -0.2) is 0 Å². The number of methoxy groups -OCH3 is 1. The minimum absolute atomic E-state index is 0.179. The highest BCUT2D eigenvalue weighted by Crippen LogP contribution is 2.53. The standard InChI is InChI=1S/C19H28N2O2/c1-23-15-10-4-9-14-17(15)21-18(20-14)12-7-2-5-11-6-3-8-13(16(11)12)19(21)22/h11-17H,2-10H2,1H3. The number of nitrogens with zero attached hydrogens (tertiary/aromatic N) is 2. The van der Waals surface area contributed by atoms with Crippen LogP contribution in [0.2, 0.25) is 0 Å². The summed E-state index contributed by atoms with van der Waals surface area (Å²) in [5, 5.41) is 0. The van der Waals surface area contributed by atoms with E-state index in [2.05, 4.69) is 4.90 Å². The molecule has 0 bridgehead atoms. The molecule has 0 aromatic carbocycles. The van der Waals surface area contributed by atoms with Gasteiger partial charge >= 0.3 is 0 Å². The molecule has 2 aliphatic heterocycles. The van der Waals surface area contributed by atoms with Crippen LogP contribution in [0.25, 0.3) is 0 Å². The molecule has 4 heteroatoms. The molecule has 3 aliphatic carbocycles. The van der Waals surface area contributed by atoms with E-state index in [-0.39, 0.29) is 18.1 Å². The van der Waals surface area contributed by atoms with E-state index >= 15 is 0 Å². The Labute approximate surface area is 138 Å². The molecule has 1 amide bonds. The molecule has 2 heterocycles. The molecule has 1 saturated heterocycles. The third kappa shape index (κ3) is 1.93. The van der Waals surface area contributed by atoms with Gasteiger partial charge in [0.05, 0.1) is 18.2 Å². The van der Waals surface area contributed by atoms with Gasteiger partial charge in [-0.05, 0) is 43.9 Å². The lowest BCUT2D eigenvalue weighted by Gasteiger charge is -2.52. The summed E-state index contributed by atoms with van der Waals surface area (Å²) in [6.07, 6.45) is 11.2. The number of fused-ring (bicyclic) bond motifs is 4. The predicted molar refractivity (Wildman–Crippen MR) is 88.2 cm³/mol. The fourth-order valence-electron chi connectivity index (χ4n) is 6.59. The Hall–Kier alpha value is -0.900. The van der Waals surface area contributed by atoms with Crippen LogP contribution in [0.15, 0.2) is 4.99 Å². The van der Waals surface area contributed by atoms with Gasteiger partial charge in [0.25, 0.3) is 0 Å². The minimum Gasteiger partial charge on any atom is -0.379 e. The monoisotopic (exact) mass is 316 g/mol. The second-order valence-corrected chi connectivity index (χ2v) is 8.37. The second kappa shape index (κ2) is 5.30. The van der Waals surface area contributed by atoms with Gasteiger partial charge in [0, 0.05) is 18.9 Å². The Balaban J connectivity index is 1.55. The molecule has 0 aromatic heterocycles. The zero-order valence-corrected chi connectivity index (χ0v) is 14.1. The zero-order chi connectivity index (χ0) is 15.6. The first-order chi connectivity index (χ1) is 11.3. The lowest BCUT2D eigenvalue weighted by Crippen LogP contribution is -2.62. The van der Waals surface area contributed by atoms with Crippen LogP contribution in [0.5, 0.6) is 0 Å². The number of carbonyl (C=O) groups excluding carboxylic acids is 1. The summed E-state index contributed by atoms with van der Waals surface area (Å²) in [6.45, 7) is 0. The van der Waals surface area contributed by atoms with Crippen LogP contribution in [0, 0.1) is 23.7 Å². The van der Waals surface area contributed by atoms with Crippen molar-refractivity contribution in [1.29, 1.82) is 0 Å². The Morgan fingerprint density at radius 2 is 1.74 bits per heavy atom. The number of ether oxygens (including phenoxy) is 1. The quantitative estimate of drug-likeness (QED) is 0.746. The molecular weight excluding hydrogens is 288 g/mol. The van der Waals surface area contributed by atoms with Gasteiger partial charge in [-0.3, -0.25) is 14.7 Å². The summed E-state index contributed by atoms with van der Waals surface area (Å²) < 4.78 is 5.78. The highest BCUT2D eigenvalue weighted by molar-refractivity contribution is 6.05. The van der Waals surface area contributed by atoms with Crippen LogP contribution >= 0.6 is 0 Å². The molecule has 5 rings (SSSR count). The van der Waals surface area contributed by atoms with Crippen molar-refractivity contribution in [1.82, 2.24) is 4.90 Å². The minimum atomic E-state index is 0.179. The van der Waals surface area contributed by atoms with Crippen molar-refractivity contribution >= 4 is 11.7 Å². The van der Waals surface area contributed by atoms with E-state index in [1.165, 1.54) is 44.4 Å². The average molecular weight is 316 g/mol. The van der Waals surface area contributed by atoms with Gasteiger partial charge in [0.1, 0.15) is 5.84 Å². The van der Waals surface area contributed by atoms with Crippen molar-refractivity contribution in [3.8, 4) is 0 Å². The predicted octanol–water partition coefficient (Wildman–Crippen LogP) is 3.01. The molecule has 3 saturated carbocycles. The van der Waals surface area contributed by atoms with E-state index in [0.717, 1.165) is 25.2 Å². The topological polar surface area (TPSA) is 41.9 Å². The molecule has 7 atom stereocenters. The van der Waals surface area contributed by atoms with Gasteiger partial charge in [0.15, 0.2) is 0 Å². The number of carbonyl (C=O) groups is 1. The van der Waals surface area contributed by atoms with Crippen LogP contribution in [0.3, 0.4) is 0 Å². The summed E-state index contributed by atoms with van der Waals surface area (Å²) >= 11 is 0. The Kier molecular flexibility index (Phi) is 3.33. The third-order valence-corrected chi connectivity index (χ3v) is 7.45. The molecule has 0 aromatic rings. The van der Waals surface area contributed by atoms with Gasteiger partial charge in [-0.1, -0.05) is 25.7 Å². The SMILES string of the molecule is COC1CCCC2N=C3C4CCCC5CCCC(C(=O)N3C21)C54. The van der Waals surface area contributed by atoms with Crippen LogP contribution < -0.4 is 0 Å². The molecule has 0 spiro atoms. The number of rotatable bonds is 1. The van der Waals surface area contributed by atoms with Crippen LogP contribution in [-0.4, -0.2) is 41.9 Å². The molecule has 4 nitrogen and oxygen atoms in total. The Morgan fingerprint density at radius 1 is 1.00 bits per heavy atom. The summed E-state index contributed by atoms with van der Waals surface area (Å²) in [7, 11) is 1.81. The van der Waals surface area contributed by atoms with Gasteiger partial charge in [0.2, 0.25) is 5.91 Å². The largest absolute Gasteiger partial charge is 0.379 e. The first kappa shape index (κ1) is 14.4. The number of piperidine rings is 1. The van der Waals surface area contributed by atoms with Gasteiger partial charge in [-0.15, -0.1) is 0 Å². The van der Waals surface area contributed by atoms with Crippen LogP contribution in [0.1, 0.15) is 57.8 Å². The molecule has 126 valence electrons. The average Bonchev–Trinajstić information content (AvgIpc) is 2.99. The summed E-state index contributed by atoms with van der Waals surface area (Å²) in [4.78, 5) is 20.7. The number of amidine groups is 1. The third-order valence-electron chi connectivity index (χ3n) is 7.45. The van der Waals surface area contributed by atoms with Gasteiger partial charge < -0.3 is 4.74 Å². The molecule has 7 unspecified atom stereocenters. The summed E-state index contributed by atoms with van der Waals surface area (Å²) in [6, 6.07) is 0.493. The van der Waals surface area contributed by atoms with Crippen molar-refractivity contribution in [2.45, 2.75) is 76.0 Å². The second-order valence-electron chi connectivity index (χ2n) is 8.37. The first-order valence-electron chi connectivity index (χ1n) is 9.73. The number of hydrogen-bond acceptors (Lipinski definition) is 3. The molecule has 0 radical (unpaired) electrons. The Bertz CT molecular complexity index is 543. The van der Waals surface area contributed by atoms with Crippen molar-refractivity contribution < 1.29 is 9.53 Å². The number of aliphatic imine (C=N–C) groups is 1. The molecule has 5 aliphatic rings. The van der Waals surface area contributed by atoms with E-state index in [4.69, 9.17) is 9.73 Å². The van der Waals surface area contributed by atoms with Crippen molar-refractivity contribution in [2.24, 2.45) is 28.7 Å². The lowest BCUT2D eigenvalue weighted by molar-refractivity contribution is -0.145. The maximum atomic E-state index is 13.4. The van der Waals surface area contributed by atoms with E-state index in [1.807, 2.05) is 0 Å². The first-order valence-corrected chi connectivity index (χ1v) is 9.73. The fourth-order valence-corrected chi connectivity index (χ4v) is 6.59. The maximum absolute atomic E-state index is 13.4. The van der Waals surface area contributed by atoms with Gasteiger partial charge in [-0.2, -0.15) is 0 Å². The highest BCUT2D eigenvalue weighted by atomic mass is 16.5. The van der Waals surface area contributed by atoms with E-state index in [1.54, 1.807) is 7.11 Å². The zero-order valence-electron chi connectivity index (χ0n) is 14.1. The van der Waals surface area contributed by atoms with Crippen molar-refractivity contribution in [2.75, 3.05) is 7.11 Å². The number of hydrogen-bond donors (Lipinski definition) is 0. The fraction of sp³-hybridized carbons (Fsp3) is 0.895. The maximum Gasteiger partial charge on any atom is 0.231 e. The number of amides is 1. The van der Waals surface area contributed by atoms with Crippen molar-refractivity contribution in [3.05, 3.63) is 0 Å². The lowest BCUT2D eigenvalue weighted by atomic mass is 9.58. The normalized spacial score (nSPS) is 48.4. The molecule has 23 heavy (non-hydrogen) atoms. The smallest absolute Gasteiger partial charge is 0.231 e.